The summed E-state index contributed by atoms with van der Waals surface area (Å²) < 4.78 is 10.9. The zero-order valence-corrected chi connectivity index (χ0v) is 12.7. The van der Waals surface area contributed by atoms with Crippen molar-refractivity contribution in [3.05, 3.63) is 40.3 Å². The lowest BCUT2D eigenvalue weighted by Gasteiger charge is -2.13. The van der Waals surface area contributed by atoms with Crippen LogP contribution < -0.4 is 9.47 Å². The highest BCUT2D eigenvalue weighted by Gasteiger charge is 2.19. The third-order valence-electron chi connectivity index (χ3n) is 2.80. The smallest absolute Gasteiger partial charge is 0.161 e. The molecule has 0 fully saturated rings. The van der Waals surface area contributed by atoms with Crippen molar-refractivity contribution in [1.29, 1.82) is 0 Å². The van der Waals surface area contributed by atoms with Gasteiger partial charge in [-0.05, 0) is 26.0 Å². The van der Waals surface area contributed by atoms with Crippen molar-refractivity contribution in [2.75, 3.05) is 13.7 Å². The zero-order valence-electron chi connectivity index (χ0n) is 11.9. The fourth-order valence-electron chi connectivity index (χ4n) is 1.70. The van der Waals surface area contributed by atoms with Crippen LogP contribution in [0, 0.1) is 0 Å². The van der Waals surface area contributed by atoms with Crippen LogP contribution in [0.4, 0.5) is 0 Å². The first-order valence-corrected chi connectivity index (χ1v) is 7.25. The topological polar surface area (TPSA) is 51.6 Å². The van der Waals surface area contributed by atoms with E-state index in [0.717, 1.165) is 21.4 Å². The molecule has 108 valence electrons. The molecule has 0 spiro atoms. The summed E-state index contributed by atoms with van der Waals surface area (Å²) in [4.78, 5) is 5.17. The number of aliphatic hydroxyl groups is 1. The standard InChI is InChI=1S/C15H19NO3S/c1-15(2,17)13-10-16-14(20-13)8-9-19-12-7-5-4-6-11(12)18-3/h4-7,10,17H,8-9H2,1-3H3. The van der Waals surface area contributed by atoms with Gasteiger partial charge in [0.2, 0.25) is 0 Å². The van der Waals surface area contributed by atoms with E-state index < -0.39 is 5.60 Å². The number of hydrogen-bond acceptors (Lipinski definition) is 5. The Morgan fingerprint density at radius 3 is 2.55 bits per heavy atom. The molecule has 0 saturated heterocycles. The van der Waals surface area contributed by atoms with Crippen LogP contribution in [-0.2, 0) is 12.0 Å². The van der Waals surface area contributed by atoms with E-state index in [1.54, 1.807) is 27.2 Å². The summed E-state index contributed by atoms with van der Waals surface area (Å²) in [6, 6.07) is 7.56. The predicted octanol–water partition coefficient (Wildman–Crippen LogP) is 3.00. The fourth-order valence-corrected chi connectivity index (χ4v) is 2.59. The molecule has 0 aliphatic heterocycles. The van der Waals surface area contributed by atoms with Gasteiger partial charge in [-0.25, -0.2) is 4.98 Å². The van der Waals surface area contributed by atoms with Crippen molar-refractivity contribution in [3.63, 3.8) is 0 Å². The van der Waals surface area contributed by atoms with Crippen molar-refractivity contribution >= 4 is 11.3 Å². The third kappa shape index (κ3) is 3.71. The van der Waals surface area contributed by atoms with Crippen LogP contribution in [0.2, 0.25) is 0 Å². The Balaban J connectivity index is 1.91. The van der Waals surface area contributed by atoms with E-state index in [0.29, 0.717) is 13.0 Å². The Bertz CT molecular complexity index is 560. The van der Waals surface area contributed by atoms with Gasteiger partial charge < -0.3 is 14.6 Å². The molecule has 1 heterocycles. The van der Waals surface area contributed by atoms with Crippen molar-refractivity contribution in [2.45, 2.75) is 25.9 Å². The number of benzene rings is 1. The van der Waals surface area contributed by atoms with Crippen LogP contribution in [0.1, 0.15) is 23.7 Å². The predicted molar refractivity (Wildman–Crippen MR) is 79.6 cm³/mol. The van der Waals surface area contributed by atoms with Crippen molar-refractivity contribution < 1.29 is 14.6 Å². The molecule has 1 aromatic heterocycles. The van der Waals surface area contributed by atoms with E-state index >= 15 is 0 Å². The summed E-state index contributed by atoms with van der Waals surface area (Å²) in [7, 11) is 1.62. The second-order valence-corrected chi connectivity index (χ2v) is 6.04. The van der Waals surface area contributed by atoms with Crippen molar-refractivity contribution in [1.82, 2.24) is 4.98 Å². The first-order valence-electron chi connectivity index (χ1n) is 6.44. The minimum Gasteiger partial charge on any atom is -0.493 e. The minimum atomic E-state index is -0.834. The second kappa shape index (κ2) is 6.24. The molecule has 0 atom stereocenters. The molecule has 2 aromatic rings. The summed E-state index contributed by atoms with van der Waals surface area (Å²) >= 11 is 1.51. The van der Waals surface area contributed by atoms with Gasteiger partial charge in [0, 0.05) is 12.6 Å². The normalized spacial score (nSPS) is 11.4. The average Bonchev–Trinajstić information content (AvgIpc) is 2.88. The summed E-state index contributed by atoms with van der Waals surface area (Å²) in [6.07, 6.45) is 2.43. The lowest BCUT2D eigenvalue weighted by Crippen LogP contribution is -2.12. The Hall–Kier alpha value is -1.59. The number of ether oxygens (including phenoxy) is 2. The SMILES string of the molecule is COc1ccccc1OCCc1ncc(C(C)(C)O)s1. The molecule has 1 N–H and O–H groups in total. The van der Waals surface area contributed by atoms with E-state index in [9.17, 15) is 5.11 Å². The molecule has 4 nitrogen and oxygen atoms in total. The monoisotopic (exact) mass is 293 g/mol. The first kappa shape index (κ1) is 14.8. The zero-order chi connectivity index (χ0) is 14.6. The van der Waals surface area contributed by atoms with Crippen LogP contribution >= 0.6 is 11.3 Å². The van der Waals surface area contributed by atoms with E-state index in [-0.39, 0.29) is 0 Å². The molecule has 0 bridgehead atoms. The molecule has 0 saturated carbocycles. The van der Waals surface area contributed by atoms with Crippen molar-refractivity contribution in [3.8, 4) is 11.5 Å². The molecule has 1 aromatic carbocycles. The van der Waals surface area contributed by atoms with E-state index in [4.69, 9.17) is 9.47 Å². The van der Waals surface area contributed by atoms with Gasteiger partial charge in [-0.2, -0.15) is 0 Å². The maximum atomic E-state index is 9.90. The second-order valence-electron chi connectivity index (χ2n) is 4.93. The van der Waals surface area contributed by atoms with Gasteiger partial charge in [-0.1, -0.05) is 12.1 Å². The van der Waals surface area contributed by atoms with Gasteiger partial charge in [-0.15, -0.1) is 11.3 Å². The lowest BCUT2D eigenvalue weighted by molar-refractivity contribution is 0.0823. The molecule has 20 heavy (non-hydrogen) atoms. The molecule has 5 heteroatoms. The van der Waals surface area contributed by atoms with Gasteiger partial charge in [0.1, 0.15) is 0 Å². The molecule has 0 unspecified atom stereocenters. The summed E-state index contributed by atoms with van der Waals surface area (Å²) in [5.74, 6) is 1.46. The van der Waals surface area contributed by atoms with Crippen LogP contribution in [0.15, 0.2) is 30.5 Å². The van der Waals surface area contributed by atoms with Crippen LogP contribution in [0.25, 0.3) is 0 Å². The lowest BCUT2D eigenvalue weighted by atomic mass is 10.1. The number of aromatic nitrogens is 1. The van der Waals surface area contributed by atoms with Crippen LogP contribution in [0.5, 0.6) is 11.5 Å². The summed E-state index contributed by atoms with van der Waals surface area (Å²) in [5, 5.41) is 10.9. The summed E-state index contributed by atoms with van der Waals surface area (Å²) in [6.45, 7) is 4.05. The number of nitrogens with zero attached hydrogens (tertiary/aromatic N) is 1. The Labute approximate surface area is 123 Å². The molecule has 2 rings (SSSR count). The van der Waals surface area contributed by atoms with Gasteiger partial charge in [0.25, 0.3) is 0 Å². The summed E-state index contributed by atoms with van der Waals surface area (Å²) in [5.41, 5.74) is -0.834. The van der Waals surface area contributed by atoms with Gasteiger partial charge in [0.05, 0.1) is 29.2 Å². The number of methoxy groups -OCH3 is 1. The van der Waals surface area contributed by atoms with E-state index in [2.05, 4.69) is 4.98 Å². The molecular weight excluding hydrogens is 274 g/mol. The van der Waals surface area contributed by atoms with E-state index in [1.165, 1.54) is 11.3 Å². The maximum Gasteiger partial charge on any atom is 0.161 e. The highest BCUT2D eigenvalue weighted by atomic mass is 32.1. The molecule has 0 aliphatic carbocycles. The average molecular weight is 293 g/mol. The largest absolute Gasteiger partial charge is 0.493 e. The molecule has 0 radical (unpaired) electrons. The Kier molecular flexibility index (Phi) is 4.62. The van der Waals surface area contributed by atoms with Gasteiger partial charge in [-0.3, -0.25) is 0 Å². The molecule has 0 amide bonds. The minimum absolute atomic E-state index is 0.527. The Morgan fingerprint density at radius 2 is 1.95 bits per heavy atom. The molecular formula is C15H19NO3S. The fraction of sp³-hybridized carbons (Fsp3) is 0.400. The Morgan fingerprint density at radius 1 is 1.25 bits per heavy atom. The molecule has 0 aliphatic rings. The number of para-hydroxylation sites is 2. The third-order valence-corrected chi connectivity index (χ3v) is 4.17. The first-order chi connectivity index (χ1) is 9.50. The van der Waals surface area contributed by atoms with E-state index in [1.807, 2.05) is 24.3 Å². The van der Waals surface area contributed by atoms with Gasteiger partial charge >= 0.3 is 0 Å². The highest BCUT2D eigenvalue weighted by molar-refractivity contribution is 7.11. The maximum absolute atomic E-state index is 9.90. The highest BCUT2D eigenvalue weighted by Crippen LogP contribution is 2.27. The van der Waals surface area contributed by atoms with Crippen LogP contribution in [-0.4, -0.2) is 23.8 Å². The number of rotatable bonds is 6. The van der Waals surface area contributed by atoms with Crippen molar-refractivity contribution in [2.24, 2.45) is 0 Å². The van der Waals surface area contributed by atoms with Gasteiger partial charge in [0.15, 0.2) is 11.5 Å². The quantitative estimate of drug-likeness (QED) is 0.889. The number of thiazole rings is 1. The number of hydrogen-bond donors (Lipinski definition) is 1. The van der Waals surface area contributed by atoms with Crippen LogP contribution in [0.3, 0.4) is 0 Å².